The fourth-order valence-electron chi connectivity index (χ4n) is 2.21. The second-order valence-electron chi connectivity index (χ2n) is 5.21. The number of hydrogen-bond acceptors (Lipinski definition) is 3. The lowest BCUT2D eigenvalue weighted by Crippen LogP contribution is -2.47. The van der Waals surface area contributed by atoms with Crippen LogP contribution in [0.25, 0.3) is 0 Å². The standard InChI is InChI=1S/C14H28N2O2/c1-4-13(5-2)16-14(17)11(3)15-10-12-6-8-18-9-7-12/h11-13,15H,4-10H2,1-3H3,(H,16,17). The largest absolute Gasteiger partial charge is 0.381 e. The van der Waals surface area contributed by atoms with Gasteiger partial charge in [0.15, 0.2) is 0 Å². The maximum Gasteiger partial charge on any atom is 0.237 e. The van der Waals surface area contributed by atoms with E-state index in [2.05, 4.69) is 24.5 Å². The van der Waals surface area contributed by atoms with Crippen molar-refractivity contribution < 1.29 is 9.53 Å². The smallest absolute Gasteiger partial charge is 0.237 e. The molecule has 4 nitrogen and oxygen atoms in total. The van der Waals surface area contributed by atoms with E-state index in [0.717, 1.165) is 45.4 Å². The lowest BCUT2D eigenvalue weighted by Gasteiger charge is -2.25. The van der Waals surface area contributed by atoms with Crippen molar-refractivity contribution in [3.63, 3.8) is 0 Å². The molecule has 0 aromatic carbocycles. The summed E-state index contributed by atoms with van der Waals surface area (Å²) in [5.74, 6) is 0.776. The molecule has 0 aromatic rings. The van der Waals surface area contributed by atoms with Crippen LogP contribution >= 0.6 is 0 Å². The minimum Gasteiger partial charge on any atom is -0.381 e. The van der Waals surface area contributed by atoms with Gasteiger partial charge in [-0.25, -0.2) is 0 Å². The van der Waals surface area contributed by atoms with E-state index in [9.17, 15) is 4.79 Å². The van der Waals surface area contributed by atoms with Crippen molar-refractivity contribution in [3.8, 4) is 0 Å². The predicted molar refractivity (Wildman–Crippen MR) is 73.5 cm³/mol. The molecule has 1 amide bonds. The molecule has 4 heteroatoms. The maximum absolute atomic E-state index is 11.9. The van der Waals surface area contributed by atoms with Crippen molar-refractivity contribution in [2.75, 3.05) is 19.8 Å². The third-order valence-corrected chi connectivity index (χ3v) is 3.78. The van der Waals surface area contributed by atoms with E-state index in [1.54, 1.807) is 0 Å². The summed E-state index contributed by atoms with van der Waals surface area (Å²) >= 11 is 0. The molecule has 1 unspecified atom stereocenters. The molecule has 0 bridgehead atoms. The summed E-state index contributed by atoms with van der Waals surface area (Å²) in [7, 11) is 0. The van der Waals surface area contributed by atoms with Gasteiger partial charge in [-0.2, -0.15) is 0 Å². The Morgan fingerprint density at radius 3 is 2.44 bits per heavy atom. The van der Waals surface area contributed by atoms with Gasteiger partial charge in [0.2, 0.25) is 5.91 Å². The molecule has 1 saturated heterocycles. The van der Waals surface area contributed by atoms with Crippen molar-refractivity contribution >= 4 is 5.91 Å². The normalized spacial score (nSPS) is 18.9. The van der Waals surface area contributed by atoms with Crippen LogP contribution in [-0.4, -0.2) is 37.7 Å². The number of ether oxygens (including phenoxy) is 1. The van der Waals surface area contributed by atoms with Crippen LogP contribution in [0.5, 0.6) is 0 Å². The minimum atomic E-state index is -0.103. The molecule has 0 radical (unpaired) electrons. The Bertz CT molecular complexity index is 236. The molecule has 1 aliphatic rings. The van der Waals surface area contributed by atoms with E-state index in [4.69, 9.17) is 4.74 Å². The van der Waals surface area contributed by atoms with Gasteiger partial charge in [0, 0.05) is 19.3 Å². The van der Waals surface area contributed by atoms with Crippen molar-refractivity contribution in [2.45, 2.75) is 58.5 Å². The lowest BCUT2D eigenvalue weighted by molar-refractivity contribution is -0.123. The third-order valence-electron chi connectivity index (χ3n) is 3.78. The Morgan fingerprint density at radius 1 is 1.28 bits per heavy atom. The quantitative estimate of drug-likeness (QED) is 0.729. The highest BCUT2D eigenvalue weighted by atomic mass is 16.5. The van der Waals surface area contributed by atoms with Gasteiger partial charge >= 0.3 is 0 Å². The number of nitrogens with one attached hydrogen (secondary N) is 2. The fourth-order valence-corrected chi connectivity index (χ4v) is 2.21. The van der Waals surface area contributed by atoms with Gasteiger partial charge in [-0.05, 0) is 45.1 Å². The van der Waals surface area contributed by atoms with Crippen molar-refractivity contribution in [3.05, 3.63) is 0 Å². The molecule has 18 heavy (non-hydrogen) atoms. The van der Waals surface area contributed by atoms with Gasteiger partial charge < -0.3 is 15.4 Å². The predicted octanol–water partition coefficient (Wildman–Crippen LogP) is 1.70. The molecule has 0 aromatic heterocycles. The lowest BCUT2D eigenvalue weighted by atomic mass is 10.00. The second-order valence-corrected chi connectivity index (χ2v) is 5.21. The summed E-state index contributed by atoms with van der Waals surface area (Å²) < 4.78 is 5.33. The number of carbonyl (C=O) groups is 1. The van der Waals surface area contributed by atoms with Gasteiger partial charge in [-0.3, -0.25) is 4.79 Å². The van der Waals surface area contributed by atoms with Gasteiger partial charge in [-0.1, -0.05) is 13.8 Å². The van der Waals surface area contributed by atoms with E-state index < -0.39 is 0 Å². The van der Waals surface area contributed by atoms with Gasteiger partial charge in [0.25, 0.3) is 0 Å². The molecule has 106 valence electrons. The average Bonchev–Trinajstić information content (AvgIpc) is 2.42. The van der Waals surface area contributed by atoms with Crippen LogP contribution in [0.1, 0.15) is 46.5 Å². The molecule has 0 saturated carbocycles. The fraction of sp³-hybridized carbons (Fsp3) is 0.929. The molecular formula is C14H28N2O2. The van der Waals surface area contributed by atoms with Crippen LogP contribution in [0.4, 0.5) is 0 Å². The SMILES string of the molecule is CCC(CC)NC(=O)C(C)NCC1CCOCC1. The van der Waals surface area contributed by atoms with Gasteiger partial charge in [-0.15, -0.1) is 0 Å². The number of amides is 1. The van der Waals surface area contributed by atoms with E-state index in [0.29, 0.717) is 12.0 Å². The first kappa shape index (κ1) is 15.4. The molecule has 1 fully saturated rings. The van der Waals surface area contributed by atoms with Gasteiger partial charge in [0.1, 0.15) is 0 Å². The first-order valence-electron chi connectivity index (χ1n) is 7.28. The first-order chi connectivity index (χ1) is 8.67. The van der Waals surface area contributed by atoms with Crippen molar-refractivity contribution in [1.29, 1.82) is 0 Å². The molecule has 1 aliphatic heterocycles. The summed E-state index contributed by atoms with van der Waals surface area (Å²) in [6.45, 7) is 8.79. The molecule has 1 heterocycles. The number of rotatable bonds is 7. The summed E-state index contributed by atoms with van der Waals surface area (Å²) in [5.41, 5.74) is 0. The van der Waals surface area contributed by atoms with E-state index in [1.807, 2.05) is 6.92 Å². The highest BCUT2D eigenvalue weighted by Gasteiger charge is 2.18. The van der Waals surface area contributed by atoms with Gasteiger partial charge in [0.05, 0.1) is 6.04 Å². The summed E-state index contributed by atoms with van der Waals surface area (Å²) in [6, 6.07) is 0.207. The van der Waals surface area contributed by atoms with Crippen LogP contribution in [0.2, 0.25) is 0 Å². The van der Waals surface area contributed by atoms with E-state index in [-0.39, 0.29) is 11.9 Å². The Labute approximate surface area is 111 Å². The highest BCUT2D eigenvalue weighted by Crippen LogP contribution is 2.13. The summed E-state index contributed by atoms with van der Waals surface area (Å²) in [4.78, 5) is 11.9. The molecule has 0 spiro atoms. The van der Waals surface area contributed by atoms with Crippen molar-refractivity contribution in [2.24, 2.45) is 5.92 Å². The molecule has 0 aliphatic carbocycles. The van der Waals surface area contributed by atoms with Crippen LogP contribution < -0.4 is 10.6 Å². The second kappa shape index (κ2) is 8.48. The van der Waals surface area contributed by atoms with E-state index >= 15 is 0 Å². The number of hydrogen-bond donors (Lipinski definition) is 2. The third kappa shape index (κ3) is 5.36. The maximum atomic E-state index is 11.9. The van der Waals surface area contributed by atoms with Crippen molar-refractivity contribution in [1.82, 2.24) is 10.6 Å². The number of carbonyl (C=O) groups excluding carboxylic acids is 1. The average molecular weight is 256 g/mol. The van der Waals surface area contributed by atoms with Crippen LogP contribution in [-0.2, 0) is 9.53 Å². The van der Waals surface area contributed by atoms with Crippen LogP contribution in [0.3, 0.4) is 0 Å². The Kier molecular flexibility index (Phi) is 7.28. The van der Waals surface area contributed by atoms with Crippen LogP contribution in [0.15, 0.2) is 0 Å². The summed E-state index contributed by atoms with van der Waals surface area (Å²) in [6.07, 6.45) is 4.20. The molecular weight excluding hydrogens is 228 g/mol. The Morgan fingerprint density at radius 2 is 1.89 bits per heavy atom. The first-order valence-corrected chi connectivity index (χ1v) is 7.28. The Hall–Kier alpha value is -0.610. The molecule has 2 N–H and O–H groups in total. The minimum absolute atomic E-state index is 0.103. The topological polar surface area (TPSA) is 50.4 Å². The zero-order valence-electron chi connectivity index (χ0n) is 12.0. The van der Waals surface area contributed by atoms with Crippen LogP contribution in [0, 0.1) is 5.92 Å². The monoisotopic (exact) mass is 256 g/mol. The highest BCUT2D eigenvalue weighted by molar-refractivity contribution is 5.81. The Balaban J connectivity index is 2.22. The molecule has 1 atom stereocenters. The van der Waals surface area contributed by atoms with E-state index in [1.165, 1.54) is 0 Å². The molecule has 1 rings (SSSR count). The zero-order chi connectivity index (χ0) is 13.4. The zero-order valence-corrected chi connectivity index (χ0v) is 12.0. The summed E-state index contributed by atoms with van der Waals surface area (Å²) in [5, 5.41) is 6.42.